The zero-order valence-corrected chi connectivity index (χ0v) is 41.6. The van der Waals surface area contributed by atoms with Crippen molar-refractivity contribution in [2.45, 2.75) is 148 Å². The van der Waals surface area contributed by atoms with E-state index < -0.39 is 84.6 Å². The van der Waals surface area contributed by atoms with Gasteiger partial charge in [-0.25, -0.2) is 28.6 Å². The lowest BCUT2D eigenvalue weighted by atomic mass is 9.87. The van der Waals surface area contributed by atoms with Crippen molar-refractivity contribution in [3.63, 3.8) is 0 Å². The summed E-state index contributed by atoms with van der Waals surface area (Å²) in [7, 11) is -16.4. The summed E-state index contributed by atoms with van der Waals surface area (Å²) in [5.41, 5.74) is 4.29. The monoisotopic (exact) mass is 1030 g/mol. The molecule has 67 heavy (non-hydrogen) atoms. The molecule has 0 bridgehead atoms. The van der Waals surface area contributed by atoms with Gasteiger partial charge >= 0.3 is 23.5 Å². The number of nitrogens with one attached hydrogen (secondary N) is 2. The number of nitrogens with two attached hydrogens (primary N) is 1. The Morgan fingerprint density at radius 3 is 2.18 bits per heavy atom. The van der Waals surface area contributed by atoms with E-state index in [0.717, 1.165) is 73.9 Å². The average molecular weight is 1030 g/mol. The normalized spacial score (nSPS) is 20.2. The molecule has 3 heterocycles. The number of allylic oxidation sites excluding steroid dienone is 2. The summed E-state index contributed by atoms with van der Waals surface area (Å²) in [6.45, 7) is 2.79. The Labute approximate surface area is 394 Å². The lowest BCUT2D eigenvalue weighted by molar-refractivity contribution is -0.137. The summed E-state index contributed by atoms with van der Waals surface area (Å²) in [4.78, 5) is 88.3. The van der Waals surface area contributed by atoms with Crippen LogP contribution in [-0.2, 0) is 50.7 Å². The molecule has 28 heteroatoms. The number of anilines is 1. The molecule has 0 spiro atoms. The number of amides is 2. The minimum Gasteiger partial charge on any atom is -0.386 e. The number of thioether (sulfide) groups is 1. The number of aliphatic hydroxyl groups is 2. The van der Waals surface area contributed by atoms with Crippen molar-refractivity contribution in [3.8, 4) is 0 Å². The number of hydrogen-bond acceptors (Lipinski definition) is 18. The van der Waals surface area contributed by atoms with Gasteiger partial charge in [0.15, 0.2) is 22.8 Å². The standard InChI is InChI=1S/C39H68N7O17P3S/c1-4-5-6-7-8-9-10-11-12-13-14-15-16-17-18-19-30(48)67-23-22-41-29(47)20-21-42-37(51)34(50)39(2,3)25-60-66(57,58)63-65(55,56)59-24-28-33(62-64(52,53)54)32(49)38(61-28)46-27-45-31-35(40)43-26-44-36(31)46/h11-12,26-28,32-34,38,49-50H,4-10,13-25H2,1-3H3,(H,41,47)(H,42,51)(H,55,56)(H,57,58)(H2,40,43,44)(H2,52,53,54)/b12-11+/t28-,32-,33-,34?,38-/m1/s1. The Morgan fingerprint density at radius 1 is 0.896 bits per heavy atom. The van der Waals surface area contributed by atoms with Crippen LogP contribution in [0.3, 0.4) is 0 Å². The lowest BCUT2D eigenvalue weighted by Crippen LogP contribution is -2.46. The predicted molar refractivity (Wildman–Crippen MR) is 247 cm³/mol. The number of nitrogen functional groups attached to an aromatic ring is 1. The van der Waals surface area contributed by atoms with E-state index in [9.17, 15) is 57.9 Å². The van der Waals surface area contributed by atoms with Crippen molar-refractivity contribution >= 4 is 69.1 Å². The van der Waals surface area contributed by atoms with Crippen LogP contribution >= 0.6 is 35.2 Å². The number of unbranched alkanes of at least 4 members (excludes halogenated alkanes) is 11. The topological polar surface area (TPSA) is 364 Å². The molecule has 0 aromatic carbocycles. The fraction of sp³-hybridized carbons (Fsp3) is 0.744. The molecule has 1 aliphatic rings. The van der Waals surface area contributed by atoms with Crippen molar-refractivity contribution in [1.82, 2.24) is 30.2 Å². The number of ether oxygens (including phenoxy) is 1. The quantitative estimate of drug-likeness (QED) is 0.0260. The number of phosphoric acid groups is 3. The molecule has 7 atom stereocenters. The molecule has 10 N–H and O–H groups in total. The van der Waals surface area contributed by atoms with E-state index in [4.69, 9.17) is 19.5 Å². The number of aromatic nitrogens is 4. The zero-order chi connectivity index (χ0) is 49.7. The molecular formula is C39H68N7O17P3S. The molecule has 382 valence electrons. The van der Waals surface area contributed by atoms with E-state index >= 15 is 0 Å². The minimum absolute atomic E-state index is 0.0331. The van der Waals surface area contributed by atoms with Crippen LogP contribution in [0.1, 0.15) is 123 Å². The van der Waals surface area contributed by atoms with Gasteiger partial charge in [-0.1, -0.05) is 96.1 Å². The van der Waals surface area contributed by atoms with Crippen LogP contribution in [0.5, 0.6) is 0 Å². The number of carbonyl (C=O) groups is 3. The Balaban J connectivity index is 1.30. The number of fused-ring (bicyclic) bond motifs is 1. The van der Waals surface area contributed by atoms with Gasteiger partial charge in [0.25, 0.3) is 0 Å². The highest BCUT2D eigenvalue weighted by molar-refractivity contribution is 8.13. The highest BCUT2D eigenvalue weighted by Gasteiger charge is 2.50. The van der Waals surface area contributed by atoms with Gasteiger partial charge in [0.1, 0.15) is 36.3 Å². The maximum absolute atomic E-state index is 12.7. The molecule has 0 radical (unpaired) electrons. The molecule has 1 aliphatic heterocycles. The van der Waals surface area contributed by atoms with Gasteiger partial charge in [-0.2, -0.15) is 4.31 Å². The summed E-state index contributed by atoms with van der Waals surface area (Å²) in [6, 6.07) is 0. The van der Waals surface area contributed by atoms with Gasteiger partial charge in [0.05, 0.1) is 19.5 Å². The number of carbonyl (C=O) groups excluding carboxylic acids is 3. The Hall–Kier alpha value is -2.70. The number of imidazole rings is 1. The van der Waals surface area contributed by atoms with Crippen LogP contribution in [-0.4, -0.2) is 123 Å². The van der Waals surface area contributed by atoms with Crippen molar-refractivity contribution in [2.24, 2.45) is 5.41 Å². The van der Waals surface area contributed by atoms with Crippen molar-refractivity contribution in [3.05, 3.63) is 24.8 Å². The van der Waals surface area contributed by atoms with Crippen LogP contribution in [0.2, 0.25) is 0 Å². The van der Waals surface area contributed by atoms with E-state index in [-0.39, 0.29) is 41.6 Å². The highest BCUT2D eigenvalue weighted by atomic mass is 32.2. The molecule has 2 aromatic heterocycles. The number of nitrogens with zero attached hydrogens (tertiary/aromatic N) is 4. The van der Waals surface area contributed by atoms with E-state index in [0.29, 0.717) is 12.2 Å². The summed E-state index contributed by atoms with van der Waals surface area (Å²) >= 11 is 1.15. The molecule has 0 aliphatic carbocycles. The van der Waals surface area contributed by atoms with Crippen LogP contribution < -0.4 is 16.4 Å². The van der Waals surface area contributed by atoms with E-state index in [1.54, 1.807) is 0 Å². The smallest absolute Gasteiger partial charge is 0.386 e. The molecule has 3 unspecified atom stereocenters. The summed E-state index contributed by atoms with van der Waals surface area (Å²) in [5, 5.41) is 26.7. The fourth-order valence-electron chi connectivity index (χ4n) is 6.71. The third-order valence-electron chi connectivity index (χ3n) is 10.4. The Bertz CT molecular complexity index is 2040. The van der Waals surface area contributed by atoms with Crippen molar-refractivity contribution in [1.29, 1.82) is 0 Å². The molecule has 1 fully saturated rings. The molecular weight excluding hydrogens is 963 g/mol. The first-order valence-corrected chi connectivity index (χ1v) is 27.8. The molecule has 0 saturated carbocycles. The number of hydrogen-bond donors (Lipinski definition) is 9. The first-order valence-electron chi connectivity index (χ1n) is 22.3. The maximum Gasteiger partial charge on any atom is 0.481 e. The second-order valence-electron chi connectivity index (χ2n) is 16.6. The maximum atomic E-state index is 12.7. The summed E-state index contributed by atoms with van der Waals surface area (Å²) in [6.07, 6.45) is 13.5. The largest absolute Gasteiger partial charge is 0.481 e. The van der Waals surface area contributed by atoms with Crippen LogP contribution in [0.4, 0.5) is 5.82 Å². The summed E-state index contributed by atoms with van der Waals surface area (Å²) < 4.78 is 62.4. The third-order valence-corrected chi connectivity index (χ3v) is 14.4. The predicted octanol–water partition coefficient (Wildman–Crippen LogP) is 4.70. The van der Waals surface area contributed by atoms with Gasteiger partial charge in [0, 0.05) is 37.1 Å². The average Bonchev–Trinajstić information content (AvgIpc) is 3.81. The Morgan fingerprint density at radius 2 is 1.52 bits per heavy atom. The van der Waals surface area contributed by atoms with E-state index in [1.807, 2.05) is 0 Å². The van der Waals surface area contributed by atoms with E-state index in [1.165, 1.54) is 52.4 Å². The number of phosphoric ester groups is 3. The van der Waals surface area contributed by atoms with Crippen LogP contribution in [0.15, 0.2) is 24.8 Å². The minimum atomic E-state index is -5.58. The molecule has 2 aromatic rings. The molecule has 2 amide bonds. The number of aliphatic hydroxyl groups excluding tert-OH is 2. The SMILES string of the molecule is CCCCCCCC/C=C/CCCCCCCC(=O)SCCNC(=O)CCNC(=O)C(O)C(C)(C)COP(=O)(O)OP(=O)(O)OC[C@H]1O[C@@H](n2cnc3c(N)ncnc32)[C@H](O)[C@@H]1OP(=O)(O)O. The first-order chi connectivity index (χ1) is 31.6. The zero-order valence-electron chi connectivity index (χ0n) is 38.1. The lowest BCUT2D eigenvalue weighted by Gasteiger charge is -2.30. The van der Waals surface area contributed by atoms with E-state index in [2.05, 4.69) is 53.5 Å². The van der Waals surface area contributed by atoms with Gasteiger partial charge in [-0.15, -0.1) is 0 Å². The van der Waals surface area contributed by atoms with Gasteiger partial charge in [0.2, 0.25) is 11.8 Å². The van der Waals surface area contributed by atoms with Crippen molar-refractivity contribution in [2.75, 3.05) is 37.8 Å². The fourth-order valence-corrected chi connectivity index (χ4v) is 10.3. The van der Waals surface area contributed by atoms with Crippen LogP contribution in [0.25, 0.3) is 11.2 Å². The van der Waals surface area contributed by atoms with Gasteiger partial charge in [-0.3, -0.25) is 32.5 Å². The third kappa shape index (κ3) is 21.9. The second kappa shape index (κ2) is 28.8. The molecule has 24 nitrogen and oxygen atoms in total. The molecule has 3 rings (SSSR count). The highest BCUT2D eigenvalue weighted by Crippen LogP contribution is 2.61. The van der Waals surface area contributed by atoms with Gasteiger partial charge < -0.3 is 50.9 Å². The van der Waals surface area contributed by atoms with Gasteiger partial charge in [-0.05, 0) is 32.1 Å². The van der Waals surface area contributed by atoms with Crippen molar-refractivity contribution < 1.29 is 80.5 Å². The van der Waals surface area contributed by atoms with Crippen LogP contribution in [0, 0.1) is 5.41 Å². The summed E-state index contributed by atoms with van der Waals surface area (Å²) in [5.74, 6) is -1.03. The molecule has 1 saturated heterocycles. The first kappa shape index (κ1) is 58.6. The second-order valence-corrected chi connectivity index (χ2v) is 22.0. The Kier molecular flexibility index (Phi) is 25.2. The number of rotatable bonds is 34.